The third-order valence-corrected chi connectivity index (χ3v) is 2.98. The first-order valence-electron chi connectivity index (χ1n) is 6.10. The molecule has 0 bridgehead atoms. The number of hydrogen-bond donors (Lipinski definition) is 0. The first-order valence-corrected chi connectivity index (χ1v) is 6.10. The van der Waals surface area contributed by atoms with E-state index < -0.39 is 0 Å². The lowest BCUT2D eigenvalue weighted by Crippen LogP contribution is -2.40. The maximum absolute atomic E-state index is 5.70. The van der Waals surface area contributed by atoms with Gasteiger partial charge in [-0.25, -0.2) is 4.98 Å². The van der Waals surface area contributed by atoms with Crippen LogP contribution in [0.1, 0.15) is 25.5 Å². The molecule has 16 heavy (non-hydrogen) atoms. The molecule has 0 N–H and O–H groups in total. The molecule has 1 aromatic rings. The molecule has 2 rings (SSSR count). The van der Waals surface area contributed by atoms with Crippen molar-refractivity contribution in [3.05, 3.63) is 23.9 Å². The Labute approximate surface area is 97.4 Å². The number of nitrogens with zero attached hydrogens (tertiary/aromatic N) is 2. The van der Waals surface area contributed by atoms with Gasteiger partial charge < -0.3 is 9.64 Å². The Morgan fingerprint density at radius 2 is 2.38 bits per heavy atom. The van der Waals surface area contributed by atoms with Gasteiger partial charge in [-0.15, -0.1) is 0 Å². The second-order valence-electron chi connectivity index (χ2n) is 4.30. The summed E-state index contributed by atoms with van der Waals surface area (Å²) in [6, 6.07) is 6.19. The van der Waals surface area contributed by atoms with Crippen LogP contribution in [0.5, 0.6) is 0 Å². The molecule has 1 aromatic heterocycles. The molecule has 0 saturated carbocycles. The van der Waals surface area contributed by atoms with Gasteiger partial charge in [0.1, 0.15) is 5.82 Å². The van der Waals surface area contributed by atoms with E-state index in [9.17, 15) is 0 Å². The third-order valence-electron chi connectivity index (χ3n) is 2.98. The molecule has 2 heterocycles. The van der Waals surface area contributed by atoms with E-state index >= 15 is 0 Å². The second-order valence-corrected chi connectivity index (χ2v) is 4.30. The summed E-state index contributed by atoms with van der Waals surface area (Å²) in [5.41, 5.74) is 1.08. The van der Waals surface area contributed by atoms with Crippen molar-refractivity contribution in [3.63, 3.8) is 0 Å². The van der Waals surface area contributed by atoms with Gasteiger partial charge in [-0.1, -0.05) is 6.07 Å². The summed E-state index contributed by atoms with van der Waals surface area (Å²) < 4.78 is 5.70. The Hall–Kier alpha value is -1.09. The summed E-state index contributed by atoms with van der Waals surface area (Å²) >= 11 is 0. The van der Waals surface area contributed by atoms with Crippen LogP contribution in [0, 0.1) is 6.92 Å². The van der Waals surface area contributed by atoms with Crippen molar-refractivity contribution in [1.29, 1.82) is 0 Å². The molecule has 1 atom stereocenters. The van der Waals surface area contributed by atoms with Gasteiger partial charge in [-0.3, -0.25) is 0 Å². The molecule has 1 unspecified atom stereocenters. The monoisotopic (exact) mass is 220 g/mol. The van der Waals surface area contributed by atoms with Crippen LogP contribution in [0.15, 0.2) is 18.2 Å². The van der Waals surface area contributed by atoms with E-state index in [1.54, 1.807) is 0 Å². The zero-order valence-electron chi connectivity index (χ0n) is 10.1. The largest absolute Gasteiger partial charge is 0.377 e. The van der Waals surface area contributed by atoms with Crippen molar-refractivity contribution in [3.8, 4) is 0 Å². The Morgan fingerprint density at radius 1 is 1.50 bits per heavy atom. The van der Waals surface area contributed by atoms with E-state index in [2.05, 4.69) is 28.9 Å². The summed E-state index contributed by atoms with van der Waals surface area (Å²) in [5, 5.41) is 0. The van der Waals surface area contributed by atoms with Gasteiger partial charge in [-0.05, 0) is 38.8 Å². The van der Waals surface area contributed by atoms with Crippen LogP contribution in [0.25, 0.3) is 0 Å². The number of aromatic nitrogens is 1. The maximum atomic E-state index is 5.70. The Bertz CT molecular complexity index is 338. The van der Waals surface area contributed by atoms with Crippen molar-refractivity contribution >= 4 is 5.82 Å². The lowest BCUT2D eigenvalue weighted by atomic mass is 10.1. The third kappa shape index (κ3) is 2.73. The number of piperidine rings is 1. The Balaban J connectivity index is 2.03. The highest BCUT2D eigenvalue weighted by Gasteiger charge is 2.20. The van der Waals surface area contributed by atoms with Gasteiger partial charge in [-0.2, -0.15) is 0 Å². The van der Waals surface area contributed by atoms with Crippen molar-refractivity contribution in [2.75, 3.05) is 24.6 Å². The predicted octanol–water partition coefficient (Wildman–Crippen LogP) is 2.40. The molecule has 1 saturated heterocycles. The lowest BCUT2D eigenvalue weighted by molar-refractivity contribution is 0.0525. The molecule has 0 aliphatic carbocycles. The van der Waals surface area contributed by atoms with Gasteiger partial charge in [0.15, 0.2) is 0 Å². The fourth-order valence-corrected chi connectivity index (χ4v) is 2.22. The normalized spacial score (nSPS) is 21.1. The van der Waals surface area contributed by atoms with Crippen molar-refractivity contribution in [1.82, 2.24) is 4.98 Å². The van der Waals surface area contributed by atoms with Crippen LogP contribution in [-0.4, -0.2) is 30.8 Å². The molecule has 3 heteroatoms. The van der Waals surface area contributed by atoms with Crippen LogP contribution < -0.4 is 4.90 Å². The quantitative estimate of drug-likeness (QED) is 0.782. The fourth-order valence-electron chi connectivity index (χ4n) is 2.22. The number of rotatable bonds is 3. The summed E-state index contributed by atoms with van der Waals surface area (Å²) in [6.45, 7) is 6.97. The minimum Gasteiger partial charge on any atom is -0.377 e. The smallest absolute Gasteiger partial charge is 0.128 e. The van der Waals surface area contributed by atoms with E-state index in [-0.39, 0.29) is 0 Å². The molecule has 0 radical (unpaired) electrons. The lowest BCUT2D eigenvalue weighted by Gasteiger charge is -2.33. The van der Waals surface area contributed by atoms with Crippen LogP contribution in [-0.2, 0) is 4.74 Å². The topological polar surface area (TPSA) is 25.4 Å². The highest BCUT2D eigenvalue weighted by Crippen LogP contribution is 2.19. The zero-order valence-corrected chi connectivity index (χ0v) is 10.1. The summed E-state index contributed by atoms with van der Waals surface area (Å²) in [4.78, 5) is 6.89. The fraction of sp³-hybridized carbons (Fsp3) is 0.615. The highest BCUT2D eigenvalue weighted by molar-refractivity contribution is 5.39. The minimum atomic E-state index is 0.376. The number of anilines is 1. The van der Waals surface area contributed by atoms with E-state index in [4.69, 9.17) is 4.74 Å². The number of ether oxygens (including phenoxy) is 1. The molecule has 1 aliphatic rings. The van der Waals surface area contributed by atoms with Gasteiger partial charge in [0.2, 0.25) is 0 Å². The van der Waals surface area contributed by atoms with Crippen LogP contribution in [0.4, 0.5) is 5.82 Å². The van der Waals surface area contributed by atoms with E-state index in [0.717, 1.165) is 31.2 Å². The van der Waals surface area contributed by atoms with Crippen LogP contribution in [0.3, 0.4) is 0 Å². The first-order chi connectivity index (χ1) is 7.79. The van der Waals surface area contributed by atoms with Gasteiger partial charge in [0.25, 0.3) is 0 Å². The SMILES string of the molecule is CCOC1CCCN(c2cccc(C)n2)C1. The number of pyridine rings is 1. The average molecular weight is 220 g/mol. The highest BCUT2D eigenvalue weighted by atomic mass is 16.5. The molecule has 88 valence electrons. The minimum absolute atomic E-state index is 0.376. The molecular weight excluding hydrogens is 200 g/mol. The summed E-state index contributed by atoms with van der Waals surface area (Å²) in [7, 11) is 0. The van der Waals surface area contributed by atoms with E-state index in [1.165, 1.54) is 12.8 Å². The van der Waals surface area contributed by atoms with Gasteiger partial charge in [0.05, 0.1) is 6.10 Å². The van der Waals surface area contributed by atoms with E-state index in [1.807, 2.05) is 13.0 Å². The second kappa shape index (κ2) is 5.30. The average Bonchev–Trinajstić information content (AvgIpc) is 2.30. The molecule has 1 fully saturated rings. The van der Waals surface area contributed by atoms with Crippen molar-refractivity contribution in [2.45, 2.75) is 32.8 Å². The van der Waals surface area contributed by atoms with Crippen LogP contribution >= 0.6 is 0 Å². The molecular formula is C13H20N2O. The van der Waals surface area contributed by atoms with Crippen molar-refractivity contribution < 1.29 is 4.74 Å². The molecule has 3 nitrogen and oxygen atoms in total. The van der Waals surface area contributed by atoms with Crippen molar-refractivity contribution in [2.24, 2.45) is 0 Å². The molecule has 0 spiro atoms. The Morgan fingerprint density at radius 3 is 3.12 bits per heavy atom. The standard InChI is InChI=1S/C13H20N2O/c1-3-16-12-7-5-9-15(10-12)13-8-4-6-11(2)14-13/h4,6,8,12H,3,5,7,9-10H2,1-2H3. The van der Waals surface area contributed by atoms with Gasteiger partial charge in [0, 0.05) is 25.4 Å². The number of aryl methyl sites for hydroxylation is 1. The van der Waals surface area contributed by atoms with Crippen LogP contribution in [0.2, 0.25) is 0 Å². The van der Waals surface area contributed by atoms with E-state index in [0.29, 0.717) is 6.10 Å². The Kier molecular flexibility index (Phi) is 3.78. The zero-order chi connectivity index (χ0) is 11.4. The molecule has 1 aliphatic heterocycles. The summed E-state index contributed by atoms with van der Waals surface area (Å²) in [5.74, 6) is 1.09. The predicted molar refractivity (Wildman–Crippen MR) is 65.8 cm³/mol. The first kappa shape index (κ1) is 11.4. The molecule has 0 aromatic carbocycles. The summed E-state index contributed by atoms with van der Waals surface area (Å²) in [6.07, 6.45) is 2.75. The molecule has 0 amide bonds. The van der Waals surface area contributed by atoms with Gasteiger partial charge >= 0.3 is 0 Å². The maximum Gasteiger partial charge on any atom is 0.128 e. The number of hydrogen-bond acceptors (Lipinski definition) is 3.